The third-order valence-electron chi connectivity index (χ3n) is 4.74. The molecule has 0 fully saturated rings. The molecule has 32 heavy (non-hydrogen) atoms. The predicted octanol–water partition coefficient (Wildman–Crippen LogP) is 4.14. The minimum Gasteiger partial charge on any atom is -0.467 e. The third kappa shape index (κ3) is 9.96. The highest BCUT2D eigenvalue weighted by atomic mass is 79.9. The Labute approximate surface area is 197 Å². The van der Waals surface area contributed by atoms with Gasteiger partial charge in [0, 0.05) is 23.9 Å². The molecule has 0 aliphatic rings. The molecule has 0 saturated heterocycles. The van der Waals surface area contributed by atoms with Crippen LogP contribution in [0.1, 0.15) is 36.8 Å². The van der Waals surface area contributed by atoms with Crippen LogP contribution in [0.4, 0.5) is 4.79 Å². The average molecular weight is 505 g/mol. The first kappa shape index (κ1) is 25.4. The van der Waals surface area contributed by atoms with Crippen LogP contribution in [0, 0.1) is 0 Å². The van der Waals surface area contributed by atoms with Crippen LogP contribution >= 0.6 is 15.9 Å². The standard InChI is InChI=1S/C24H29BrN2O5/c1-31-23(29)21(16-18-11-13-20(25)14-12-18)27-22(28)10-6-3-7-15-26-24(30)32-17-19-8-4-2-5-9-19/h2,4-5,8-9,11-14,21H,3,6-7,10,15-17H2,1H3,(H,26,30)(H,27,28)/t21-/m1/s1. The van der Waals surface area contributed by atoms with Gasteiger partial charge in [-0.2, -0.15) is 0 Å². The Kier molecular flexibility index (Phi) is 11.3. The number of methoxy groups -OCH3 is 1. The molecule has 0 unspecified atom stereocenters. The molecular formula is C24H29BrN2O5. The number of halogens is 1. The zero-order valence-electron chi connectivity index (χ0n) is 18.1. The Balaban J connectivity index is 1.61. The maximum absolute atomic E-state index is 12.3. The van der Waals surface area contributed by atoms with Crippen LogP contribution < -0.4 is 10.6 Å². The lowest BCUT2D eigenvalue weighted by Gasteiger charge is -2.16. The maximum Gasteiger partial charge on any atom is 0.407 e. The van der Waals surface area contributed by atoms with Crippen LogP contribution in [0.5, 0.6) is 0 Å². The number of carbonyl (C=O) groups excluding carboxylic acids is 3. The van der Waals surface area contributed by atoms with Crippen LogP contribution in [-0.4, -0.2) is 37.7 Å². The second kappa shape index (κ2) is 14.2. The Bertz CT molecular complexity index is 858. The number of hydrogen-bond acceptors (Lipinski definition) is 5. The topological polar surface area (TPSA) is 93.7 Å². The molecule has 0 aromatic heterocycles. The minimum atomic E-state index is -0.727. The number of hydrogen-bond donors (Lipinski definition) is 2. The average Bonchev–Trinajstić information content (AvgIpc) is 2.81. The molecule has 2 rings (SSSR count). The summed E-state index contributed by atoms with van der Waals surface area (Å²) in [5.41, 5.74) is 1.85. The Morgan fingerprint density at radius 2 is 1.66 bits per heavy atom. The first-order chi connectivity index (χ1) is 15.5. The summed E-state index contributed by atoms with van der Waals surface area (Å²) in [5.74, 6) is -0.674. The first-order valence-corrected chi connectivity index (χ1v) is 11.3. The zero-order valence-corrected chi connectivity index (χ0v) is 19.7. The van der Waals surface area contributed by atoms with Crippen LogP contribution in [0.25, 0.3) is 0 Å². The van der Waals surface area contributed by atoms with E-state index in [1.807, 2.05) is 54.6 Å². The number of rotatable bonds is 12. The van der Waals surface area contributed by atoms with Gasteiger partial charge in [-0.1, -0.05) is 64.8 Å². The van der Waals surface area contributed by atoms with E-state index >= 15 is 0 Å². The van der Waals surface area contributed by atoms with Crippen molar-refractivity contribution in [2.24, 2.45) is 0 Å². The van der Waals surface area contributed by atoms with E-state index < -0.39 is 18.1 Å². The van der Waals surface area contributed by atoms with Gasteiger partial charge in [0.05, 0.1) is 7.11 Å². The lowest BCUT2D eigenvalue weighted by Crippen LogP contribution is -2.43. The molecule has 0 bridgehead atoms. The van der Waals surface area contributed by atoms with Gasteiger partial charge in [0.25, 0.3) is 0 Å². The number of amides is 2. The molecule has 8 heteroatoms. The lowest BCUT2D eigenvalue weighted by molar-refractivity contribution is -0.145. The summed E-state index contributed by atoms with van der Waals surface area (Å²) < 4.78 is 10.9. The summed E-state index contributed by atoms with van der Waals surface area (Å²) in [6.07, 6.45) is 2.35. The normalized spacial score (nSPS) is 11.3. The highest BCUT2D eigenvalue weighted by molar-refractivity contribution is 9.10. The van der Waals surface area contributed by atoms with E-state index in [2.05, 4.69) is 26.6 Å². The minimum absolute atomic E-state index is 0.201. The van der Waals surface area contributed by atoms with E-state index in [0.717, 1.165) is 28.4 Å². The highest BCUT2D eigenvalue weighted by Crippen LogP contribution is 2.12. The number of alkyl carbamates (subject to hydrolysis) is 1. The zero-order chi connectivity index (χ0) is 23.2. The van der Waals surface area contributed by atoms with Crippen molar-refractivity contribution in [1.29, 1.82) is 0 Å². The van der Waals surface area contributed by atoms with Crippen LogP contribution in [-0.2, 0) is 32.1 Å². The summed E-state index contributed by atoms with van der Waals surface area (Å²) in [6, 6.07) is 16.3. The Morgan fingerprint density at radius 3 is 2.34 bits per heavy atom. The Hall–Kier alpha value is -2.87. The van der Waals surface area contributed by atoms with Crippen LogP contribution in [0.2, 0.25) is 0 Å². The summed E-state index contributed by atoms with van der Waals surface area (Å²) in [6.45, 7) is 0.706. The second-order valence-electron chi connectivity index (χ2n) is 7.27. The van der Waals surface area contributed by atoms with Crippen molar-refractivity contribution in [3.63, 3.8) is 0 Å². The van der Waals surface area contributed by atoms with Gasteiger partial charge in [-0.15, -0.1) is 0 Å². The van der Waals surface area contributed by atoms with Crippen molar-refractivity contribution in [3.05, 3.63) is 70.2 Å². The van der Waals surface area contributed by atoms with Crippen LogP contribution in [0.3, 0.4) is 0 Å². The predicted molar refractivity (Wildman–Crippen MR) is 125 cm³/mol. The fourth-order valence-corrected chi connectivity index (χ4v) is 3.27. The van der Waals surface area contributed by atoms with Gasteiger partial charge in [0.2, 0.25) is 5.91 Å². The SMILES string of the molecule is COC(=O)[C@@H](Cc1ccc(Br)cc1)NC(=O)CCCCCNC(=O)OCc1ccccc1. The first-order valence-electron chi connectivity index (χ1n) is 10.5. The molecule has 2 aromatic rings. The second-order valence-corrected chi connectivity index (χ2v) is 8.19. The Morgan fingerprint density at radius 1 is 0.938 bits per heavy atom. The van der Waals surface area contributed by atoms with Crippen molar-refractivity contribution in [3.8, 4) is 0 Å². The molecule has 0 aliphatic carbocycles. The van der Waals surface area contributed by atoms with E-state index in [-0.39, 0.29) is 12.5 Å². The largest absolute Gasteiger partial charge is 0.467 e. The lowest BCUT2D eigenvalue weighted by atomic mass is 10.1. The van der Waals surface area contributed by atoms with Gasteiger partial charge in [0.1, 0.15) is 12.6 Å². The fourth-order valence-electron chi connectivity index (χ4n) is 3.01. The number of benzene rings is 2. The summed E-state index contributed by atoms with van der Waals surface area (Å²) in [5, 5.41) is 5.46. The van der Waals surface area contributed by atoms with Gasteiger partial charge in [-0.3, -0.25) is 4.79 Å². The fraction of sp³-hybridized carbons (Fsp3) is 0.375. The molecular weight excluding hydrogens is 476 g/mol. The molecule has 2 aromatic carbocycles. The molecule has 172 valence electrons. The van der Waals surface area contributed by atoms with Gasteiger partial charge < -0.3 is 20.1 Å². The van der Waals surface area contributed by atoms with Crippen molar-refractivity contribution in [1.82, 2.24) is 10.6 Å². The van der Waals surface area contributed by atoms with E-state index in [4.69, 9.17) is 9.47 Å². The molecule has 0 saturated carbocycles. The van der Waals surface area contributed by atoms with Gasteiger partial charge >= 0.3 is 12.1 Å². The summed E-state index contributed by atoms with van der Waals surface area (Å²) >= 11 is 3.37. The van der Waals surface area contributed by atoms with E-state index in [0.29, 0.717) is 25.8 Å². The molecule has 0 spiro atoms. The molecule has 1 atom stereocenters. The molecule has 0 radical (unpaired) electrons. The van der Waals surface area contributed by atoms with Crippen LogP contribution in [0.15, 0.2) is 59.1 Å². The number of esters is 1. The third-order valence-corrected chi connectivity index (χ3v) is 5.27. The van der Waals surface area contributed by atoms with Gasteiger partial charge in [-0.05, 0) is 36.1 Å². The number of nitrogens with one attached hydrogen (secondary N) is 2. The smallest absolute Gasteiger partial charge is 0.407 e. The van der Waals surface area contributed by atoms with E-state index in [1.165, 1.54) is 7.11 Å². The number of unbranched alkanes of at least 4 members (excludes halogenated alkanes) is 2. The molecule has 2 N–H and O–H groups in total. The molecule has 0 aliphatic heterocycles. The molecule has 0 heterocycles. The summed E-state index contributed by atoms with van der Waals surface area (Å²) in [7, 11) is 1.31. The summed E-state index contributed by atoms with van der Waals surface area (Å²) in [4.78, 5) is 36.0. The number of ether oxygens (including phenoxy) is 2. The maximum atomic E-state index is 12.3. The van der Waals surface area contributed by atoms with Crippen molar-refractivity contribution < 1.29 is 23.9 Å². The monoisotopic (exact) mass is 504 g/mol. The van der Waals surface area contributed by atoms with Gasteiger partial charge in [-0.25, -0.2) is 9.59 Å². The number of carbonyl (C=O) groups is 3. The van der Waals surface area contributed by atoms with E-state index in [1.54, 1.807) is 0 Å². The highest BCUT2D eigenvalue weighted by Gasteiger charge is 2.21. The van der Waals surface area contributed by atoms with E-state index in [9.17, 15) is 14.4 Å². The van der Waals surface area contributed by atoms with Crippen molar-refractivity contribution >= 4 is 33.9 Å². The van der Waals surface area contributed by atoms with Gasteiger partial charge in [0.15, 0.2) is 0 Å². The molecule has 7 nitrogen and oxygen atoms in total. The van der Waals surface area contributed by atoms with Crippen molar-refractivity contribution in [2.75, 3.05) is 13.7 Å². The van der Waals surface area contributed by atoms with Crippen molar-refractivity contribution in [2.45, 2.75) is 44.8 Å². The quantitative estimate of drug-likeness (QED) is 0.334. The molecule has 2 amide bonds.